The molecule has 0 aliphatic rings. The van der Waals surface area contributed by atoms with Crippen LogP contribution < -0.4 is 4.89 Å². The van der Waals surface area contributed by atoms with Gasteiger partial charge in [-0.1, -0.05) is 36.9 Å². The summed E-state index contributed by atoms with van der Waals surface area (Å²) in [5, 5.41) is 0. The maximum absolute atomic E-state index is 10.8. The van der Waals surface area contributed by atoms with E-state index in [4.69, 9.17) is 9.63 Å². The molecule has 0 saturated heterocycles. The van der Waals surface area contributed by atoms with Gasteiger partial charge in [-0.15, -0.1) is 0 Å². The summed E-state index contributed by atoms with van der Waals surface area (Å²) < 4.78 is 21.6. The summed E-state index contributed by atoms with van der Waals surface area (Å²) in [6.45, 7) is 4.93. The molecule has 0 heterocycles. The molecule has 0 fully saturated rings. The topological polar surface area (TPSA) is 78.8 Å². The molecule has 1 rings (SSSR count). The standard InChI is InChI=1S/C18H30NO5P/c1-5-16-9-11-17(12-10-16)14-23-13-7-6-8-18(19(2,3)4)15-24-25(20,21)22/h5,9-12,18H,1,6-8,13-15H2,2-4H3,(H-,20,21,22). The van der Waals surface area contributed by atoms with E-state index in [0.29, 0.717) is 17.7 Å². The van der Waals surface area contributed by atoms with Gasteiger partial charge in [-0.05, 0) is 24.0 Å². The SMILES string of the molecule is C=Cc1ccc(COCCCCC(COP(=O)([O-])O)[N+](C)(C)C)cc1. The van der Waals surface area contributed by atoms with Crippen LogP contribution in [-0.2, 0) is 20.4 Å². The van der Waals surface area contributed by atoms with Gasteiger partial charge in [-0.2, -0.15) is 0 Å². The molecule has 7 heteroatoms. The van der Waals surface area contributed by atoms with Crippen molar-refractivity contribution in [3.63, 3.8) is 0 Å². The zero-order valence-corrected chi connectivity index (χ0v) is 16.3. The molecule has 1 aromatic rings. The van der Waals surface area contributed by atoms with E-state index in [1.165, 1.54) is 0 Å². The van der Waals surface area contributed by atoms with Crippen LogP contribution in [-0.4, -0.2) is 49.8 Å². The van der Waals surface area contributed by atoms with Crippen LogP contribution in [0.4, 0.5) is 0 Å². The first-order chi connectivity index (χ1) is 11.6. The Bertz CT molecular complexity index is 562. The number of benzene rings is 1. The van der Waals surface area contributed by atoms with Crippen LogP contribution in [0, 0.1) is 0 Å². The molecular weight excluding hydrogens is 341 g/mol. The lowest BCUT2D eigenvalue weighted by Gasteiger charge is -2.35. The van der Waals surface area contributed by atoms with Gasteiger partial charge in [0, 0.05) is 13.0 Å². The average Bonchev–Trinajstić information content (AvgIpc) is 2.51. The molecule has 0 spiro atoms. The van der Waals surface area contributed by atoms with Gasteiger partial charge in [0.25, 0.3) is 7.82 Å². The van der Waals surface area contributed by atoms with Crippen molar-refractivity contribution >= 4 is 13.9 Å². The smallest absolute Gasteiger partial charge is 0.265 e. The van der Waals surface area contributed by atoms with Crippen molar-refractivity contribution in [2.45, 2.75) is 31.9 Å². The highest BCUT2D eigenvalue weighted by Gasteiger charge is 2.24. The Balaban J connectivity index is 2.26. The molecule has 2 atom stereocenters. The van der Waals surface area contributed by atoms with Crippen LogP contribution in [0.25, 0.3) is 6.08 Å². The summed E-state index contributed by atoms with van der Waals surface area (Å²) in [7, 11) is 1.26. The number of hydrogen-bond donors (Lipinski definition) is 1. The van der Waals surface area contributed by atoms with Crippen molar-refractivity contribution in [2.75, 3.05) is 34.4 Å². The number of hydrogen-bond acceptors (Lipinski definition) is 4. The molecule has 2 unspecified atom stereocenters. The van der Waals surface area contributed by atoms with Gasteiger partial charge in [0.2, 0.25) is 0 Å². The van der Waals surface area contributed by atoms with E-state index >= 15 is 0 Å². The predicted molar refractivity (Wildman–Crippen MR) is 97.6 cm³/mol. The van der Waals surface area contributed by atoms with Crippen molar-refractivity contribution in [1.82, 2.24) is 0 Å². The molecule has 0 radical (unpaired) electrons. The van der Waals surface area contributed by atoms with Gasteiger partial charge >= 0.3 is 0 Å². The fourth-order valence-electron chi connectivity index (χ4n) is 2.40. The van der Waals surface area contributed by atoms with E-state index in [9.17, 15) is 9.46 Å². The lowest BCUT2D eigenvalue weighted by atomic mass is 10.1. The number of rotatable bonds is 12. The number of likely N-dealkylation sites (N-methyl/N-ethyl adjacent to an activating group) is 1. The highest BCUT2D eigenvalue weighted by atomic mass is 31.2. The van der Waals surface area contributed by atoms with Crippen LogP contribution in [0.15, 0.2) is 30.8 Å². The second-order valence-electron chi connectivity index (χ2n) is 7.03. The molecule has 1 N–H and O–H groups in total. The van der Waals surface area contributed by atoms with Crippen molar-refractivity contribution in [1.29, 1.82) is 0 Å². The minimum atomic E-state index is -4.67. The van der Waals surface area contributed by atoms with Crippen molar-refractivity contribution in [3.05, 3.63) is 42.0 Å². The number of ether oxygens (including phenoxy) is 1. The monoisotopic (exact) mass is 371 g/mol. The molecule has 142 valence electrons. The van der Waals surface area contributed by atoms with E-state index in [1.807, 2.05) is 45.4 Å². The molecule has 6 nitrogen and oxygen atoms in total. The van der Waals surface area contributed by atoms with E-state index in [0.717, 1.165) is 30.4 Å². The van der Waals surface area contributed by atoms with Crippen LogP contribution >= 0.6 is 7.82 Å². The quantitative estimate of drug-likeness (QED) is 0.347. The highest BCUT2D eigenvalue weighted by Crippen LogP contribution is 2.31. The van der Waals surface area contributed by atoms with Crippen molar-refractivity contribution in [2.24, 2.45) is 0 Å². The zero-order valence-electron chi connectivity index (χ0n) is 15.4. The number of quaternary nitrogens is 1. The largest absolute Gasteiger partial charge is 0.756 e. The fraction of sp³-hybridized carbons (Fsp3) is 0.556. The van der Waals surface area contributed by atoms with Crippen molar-refractivity contribution < 1.29 is 28.1 Å². The Hall–Kier alpha value is -1.01. The first-order valence-corrected chi connectivity index (χ1v) is 9.90. The van der Waals surface area contributed by atoms with Gasteiger partial charge in [0.1, 0.15) is 12.6 Å². The van der Waals surface area contributed by atoms with Gasteiger partial charge in [0.05, 0.1) is 27.7 Å². The summed E-state index contributed by atoms with van der Waals surface area (Å²) >= 11 is 0. The Labute approximate surface area is 150 Å². The van der Waals surface area contributed by atoms with Crippen LogP contribution in [0.3, 0.4) is 0 Å². The molecule has 0 aliphatic heterocycles. The van der Waals surface area contributed by atoms with Crippen molar-refractivity contribution in [3.8, 4) is 0 Å². The van der Waals surface area contributed by atoms with Gasteiger partial charge < -0.3 is 23.5 Å². The van der Waals surface area contributed by atoms with Crippen LogP contribution in [0.5, 0.6) is 0 Å². The minimum Gasteiger partial charge on any atom is -0.756 e. The second-order valence-corrected chi connectivity index (χ2v) is 8.22. The number of unbranched alkanes of at least 4 members (excludes halogenated alkanes) is 1. The minimum absolute atomic E-state index is 0.0131. The maximum atomic E-state index is 10.8. The summed E-state index contributed by atoms with van der Waals surface area (Å²) in [5.74, 6) is 0. The third kappa shape index (κ3) is 9.90. The van der Waals surface area contributed by atoms with E-state index in [1.54, 1.807) is 6.08 Å². The third-order valence-electron chi connectivity index (χ3n) is 4.09. The molecular formula is C18H30NO5P. The molecule has 0 aliphatic carbocycles. The zero-order chi connectivity index (χ0) is 18.9. The number of nitrogens with zero attached hydrogens (tertiary/aromatic N) is 1. The molecule has 0 saturated carbocycles. The summed E-state index contributed by atoms with van der Waals surface area (Å²) in [4.78, 5) is 19.5. The molecule has 0 aromatic heterocycles. The highest BCUT2D eigenvalue weighted by molar-refractivity contribution is 7.44. The lowest BCUT2D eigenvalue weighted by Crippen LogP contribution is -2.47. The summed E-state index contributed by atoms with van der Waals surface area (Å²) in [6, 6.07) is 8.05. The Morgan fingerprint density at radius 1 is 1.28 bits per heavy atom. The van der Waals surface area contributed by atoms with Gasteiger partial charge in [-0.3, -0.25) is 4.57 Å². The average molecular weight is 371 g/mol. The van der Waals surface area contributed by atoms with E-state index in [-0.39, 0.29) is 12.6 Å². The molecule has 0 bridgehead atoms. The number of phosphoric acid groups is 1. The van der Waals surface area contributed by atoms with Gasteiger partial charge in [-0.25, -0.2) is 0 Å². The predicted octanol–water partition coefficient (Wildman–Crippen LogP) is 2.57. The molecule has 25 heavy (non-hydrogen) atoms. The van der Waals surface area contributed by atoms with Crippen LogP contribution in [0.2, 0.25) is 0 Å². The van der Waals surface area contributed by atoms with E-state index in [2.05, 4.69) is 11.1 Å². The fourth-order valence-corrected chi connectivity index (χ4v) is 2.76. The summed E-state index contributed by atoms with van der Waals surface area (Å²) in [5.41, 5.74) is 2.21. The third-order valence-corrected chi connectivity index (χ3v) is 4.56. The first kappa shape index (κ1) is 22.0. The second kappa shape index (κ2) is 10.2. The molecule has 1 aromatic carbocycles. The molecule has 0 amide bonds. The number of phosphoric ester groups is 1. The first-order valence-electron chi connectivity index (χ1n) is 8.40. The Morgan fingerprint density at radius 3 is 2.44 bits per heavy atom. The Kier molecular flexibility index (Phi) is 9.00. The Morgan fingerprint density at radius 2 is 1.92 bits per heavy atom. The van der Waals surface area contributed by atoms with Gasteiger partial charge in [0.15, 0.2) is 0 Å². The maximum Gasteiger partial charge on any atom is 0.265 e. The summed E-state index contributed by atoms with van der Waals surface area (Å²) in [6.07, 6.45) is 4.38. The van der Waals surface area contributed by atoms with E-state index < -0.39 is 7.82 Å². The normalized spacial score (nSPS) is 15.6. The van der Waals surface area contributed by atoms with Crippen LogP contribution in [0.1, 0.15) is 30.4 Å². The lowest BCUT2D eigenvalue weighted by molar-refractivity contribution is -0.896.